The SMILES string of the molecule is CCc1ccc(NC(=O)CSc2nc3ccc(Cl)cc3[nH]2)cc1. The Hall–Kier alpha value is -1.98. The number of nitrogens with one attached hydrogen (secondary N) is 2. The minimum Gasteiger partial charge on any atom is -0.333 e. The second kappa shape index (κ2) is 7.06. The first-order valence-electron chi connectivity index (χ1n) is 7.31. The lowest BCUT2D eigenvalue weighted by atomic mass is 10.1. The quantitative estimate of drug-likeness (QED) is 0.669. The molecule has 0 spiro atoms. The van der Waals surface area contributed by atoms with E-state index in [1.54, 1.807) is 6.07 Å². The number of hydrogen-bond donors (Lipinski definition) is 2. The molecule has 23 heavy (non-hydrogen) atoms. The van der Waals surface area contributed by atoms with E-state index in [4.69, 9.17) is 11.6 Å². The minimum absolute atomic E-state index is 0.0577. The summed E-state index contributed by atoms with van der Waals surface area (Å²) in [5, 5.41) is 4.25. The fourth-order valence-electron chi connectivity index (χ4n) is 2.18. The maximum atomic E-state index is 12.0. The van der Waals surface area contributed by atoms with Crippen LogP contribution >= 0.6 is 23.4 Å². The van der Waals surface area contributed by atoms with Crippen LogP contribution in [0.2, 0.25) is 5.02 Å². The Morgan fingerprint density at radius 3 is 2.78 bits per heavy atom. The Morgan fingerprint density at radius 2 is 2.04 bits per heavy atom. The van der Waals surface area contributed by atoms with Gasteiger partial charge in [-0.3, -0.25) is 4.79 Å². The smallest absolute Gasteiger partial charge is 0.234 e. The van der Waals surface area contributed by atoms with Crippen molar-refractivity contribution in [3.63, 3.8) is 0 Å². The van der Waals surface area contributed by atoms with Gasteiger partial charge in [-0.2, -0.15) is 0 Å². The second-order valence-electron chi connectivity index (χ2n) is 5.09. The summed E-state index contributed by atoms with van der Waals surface area (Å²) in [5.41, 5.74) is 3.77. The molecule has 3 rings (SSSR count). The molecule has 4 nitrogen and oxygen atoms in total. The number of fused-ring (bicyclic) bond motifs is 1. The van der Waals surface area contributed by atoms with E-state index in [-0.39, 0.29) is 5.91 Å². The van der Waals surface area contributed by atoms with Crippen molar-refractivity contribution < 1.29 is 4.79 Å². The number of carbonyl (C=O) groups excluding carboxylic acids is 1. The topological polar surface area (TPSA) is 57.8 Å². The molecule has 1 heterocycles. The van der Waals surface area contributed by atoms with Gasteiger partial charge in [-0.1, -0.05) is 42.4 Å². The Bertz CT molecular complexity index is 829. The number of amides is 1. The van der Waals surface area contributed by atoms with Crippen LogP contribution in [0, 0.1) is 0 Å². The normalized spacial score (nSPS) is 10.9. The molecule has 0 aliphatic carbocycles. The van der Waals surface area contributed by atoms with E-state index in [1.165, 1.54) is 17.3 Å². The Kier molecular flexibility index (Phi) is 4.88. The summed E-state index contributed by atoms with van der Waals surface area (Å²) in [6.45, 7) is 2.10. The van der Waals surface area contributed by atoms with Gasteiger partial charge in [0, 0.05) is 10.7 Å². The number of aryl methyl sites for hydroxylation is 1. The first-order valence-corrected chi connectivity index (χ1v) is 8.67. The van der Waals surface area contributed by atoms with Crippen molar-refractivity contribution in [3.05, 3.63) is 53.1 Å². The standard InChI is InChI=1S/C17H16ClN3OS/c1-2-11-3-6-13(7-4-11)19-16(22)10-23-17-20-14-8-5-12(18)9-15(14)21-17/h3-9H,2,10H2,1H3,(H,19,22)(H,20,21). The number of aromatic nitrogens is 2. The number of imidazole rings is 1. The summed E-state index contributed by atoms with van der Waals surface area (Å²) in [6, 6.07) is 13.4. The summed E-state index contributed by atoms with van der Waals surface area (Å²) in [4.78, 5) is 19.6. The molecule has 2 aromatic carbocycles. The van der Waals surface area contributed by atoms with Crippen LogP contribution in [0.5, 0.6) is 0 Å². The van der Waals surface area contributed by atoms with Gasteiger partial charge in [0.05, 0.1) is 16.8 Å². The fraction of sp³-hybridized carbons (Fsp3) is 0.176. The molecule has 0 saturated carbocycles. The number of thioether (sulfide) groups is 1. The van der Waals surface area contributed by atoms with Crippen LogP contribution in [-0.4, -0.2) is 21.6 Å². The molecule has 1 amide bonds. The number of rotatable bonds is 5. The van der Waals surface area contributed by atoms with Crippen molar-refractivity contribution in [2.24, 2.45) is 0 Å². The van der Waals surface area contributed by atoms with Gasteiger partial charge in [0.25, 0.3) is 0 Å². The van der Waals surface area contributed by atoms with Crippen LogP contribution in [0.3, 0.4) is 0 Å². The predicted octanol–water partition coefficient (Wildman–Crippen LogP) is 4.51. The first-order chi connectivity index (χ1) is 11.1. The zero-order chi connectivity index (χ0) is 16.2. The van der Waals surface area contributed by atoms with Gasteiger partial charge in [-0.05, 0) is 42.3 Å². The molecule has 0 bridgehead atoms. The van der Waals surface area contributed by atoms with Gasteiger partial charge >= 0.3 is 0 Å². The molecule has 3 aromatic rings. The maximum absolute atomic E-state index is 12.0. The Balaban J connectivity index is 1.58. The van der Waals surface area contributed by atoms with Crippen molar-refractivity contribution in [2.45, 2.75) is 18.5 Å². The van der Waals surface area contributed by atoms with E-state index in [0.717, 1.165) is 23.1 Å². The first kappa shape index (κ1) is 15.9. The van der Waals surface area contributed by atoms with E-state index in [1.807, 2.05) is 36.4 Å². The lowest BCUT2D eigenvalue weighted by molar-refractivity contribution is -0.113. The lowest BCUT2D eigenvalue weighted by Crippen LogP contribution is -2.14. The maximum Gasteiger partial charge on any atom is 0.234 e. The van der Waals surface area contributed by atoms with Gasteiger partial charge in [-0.25, -0.2) is 4.98 Å². The highest BCUT2D eigenvalue weighted by atomic mass is 35.5. The largest absolute Gasteiger partial charge is 0.333 e. The molecule has 6 heteroatoms. The predicted molar refractivity (Wildman–Crippen MR) is 96.3 cm³/mol. The number of nitrogens with zero attached hydrogens (tertiary/aromatic N) is 1. The van der Waals surface area contributed by atoms with Crippen LogP contribution in [0.1, 0.15) is 12.5 Å². The third kappa shape index (κ3) is 4.06. The van der Waals surface area contributed by atoms with Crippen molar-refractivity contribution >= 4 is 46.0 Å². The van der Waals surface area contributed by atoms with E-state index in [2.05, 4.69) is 22.2 Å². The van der Waals surface area contributed by atoms with E-state index < -0.39 is 0 Å². The molecule has 0 aliphatic heterocycles. The third-order valence-corrected chi connectivity index (χ3v) is 4.52. The van der Waals surface area contributed by atoms with Crippen LogP contribution < -0.4 is 5.32 Å². The van der Waals surface area contributed by atoms with Gasteiger partial charge in [0.2, 0.25) is 5.91 Å². The number of aromatic amines is 1. The van der Waals surface area contributed by atoms with Gasteiger partial charge in [0.1, 0.15) is 0 Å². The minimum atomic E-state index is -0.0577. The van der Waals surface area contributed by atoms with Crippen molar-refractivity contribution in [2.75, 3.05) is 11.1 Å². The molecule has 1 aromatic heterocycles. The van der Waals surface area contributed by atoms with Crippen LogP contribution in [0.15, 0.2) is 47.6 Å². The molecule has 0 aliphatic rings. The molecule has 118 valence electrons. The molecular weight excluding hydrogens is 330 g/mol. The van der Waals surface area contributed by atoms with Gasteiger partial charge < -0.3 is 10.3 Å². The van der Waals surface area contributed by atoms with Gasteiger partial charge in [-0.15, -0.1) is 0 Å². The number of halogens is 1. The molecule has 0 radical (unpaired) electrons. The van der Waals surface area contributed by atoms with E-state index >= 15 is 0 Å². The number of benzene rings is 2. The number of hydrogen-bond acceptors (Lipinski definition) is 3. The highest BCUT2D eigenvalue weighted by Crippen LogP contribution is 2.22. The monoisotopic (exact) mass is 345 g/mol. The molecular formula is C17H16ClN3OS. The number of anilines is 1. The van der Waals surface area contributed by atoms with E-state index in [9.17, 15) is 4.79 Å². The third-order valence-electron chi connectivity index (χ3n) is 3.41. The van der Waals surface area contributed by atoms with Crippen molar-refractivity contribution in [1.82, 2.24) is 9.97 Å². The highest BCUT2D eigenvalue weighted by molar-refractivity contribution is 7.99. The van der Waals surface area contributed by atoms with E-state index in [0.29, 0.717) is 15.9 Å². The zero-order valence-corrected chi connectivity index (χ0v) is 14.2. The molecule has 0 fully saturated rings. The van der Waals surface area contributed by atoms with Crippen molar-refractivity contribution in [1.29, 1.82) is 0 Å². The number of H-pyrrole nitrogens is 1. The molecule has 0 saturated heterocycles. The molecule has 0 atom stereocenters. The molecule has 2 N–H and O–H groups in total. The van der Waals surface area contributed by atoms with Gasteiger partial charge in [0.15, 0.2) is 5.16 Å². The number of carbonyl (C=O) groups is 1. The van der Waals surface area contributed by atoms with Crippen LogP contribution in [-0.2, 0) is 11.2 Å². The summed E-state index contributed by atoms with van der Waals surface area (Å²) in [5.74, 6) is 0.237. The zero-order valence-electron chi connectivity index (χ0n) is 12.6. The average molecular weight is 346 g/mol. The highest BCUT2D eigenvalue weighted by Gasteiger charge is 2.08. The second-order valence-corrected chi connectivity index (χ2v) is 6.49. The molecule has 0 unspecified atom stereocenters. The van der Waals surface area contributed by atoms with Crippen LogP contribution in [0.25, 0.3) is 11.0 Å². The Labute approximate surface area is 143 Å². The summed E-state index contributed by atoms with van der Waals surface area (Å²) in [7, 11) is 0. The summed E-state index contributed by atoms with van der Waals surface area (Å²) < 4.78 is 0. The summed E-state index contributed by atoms with van der Waals surface area (Å²) >= 11 is 7.31. The Morgan fingerprint density at radius 1 is 1.26 bits per heavy atom. The average Bonchev–Trinajstić information content (AvgIpc) is 2.95. The summed E-state index contributed by atoms with van der Waals surface area (Å²) in [6.07, 6.45) is 0.986. The van der Waals surface area contributed by atoms with Crippen molar-refractivity contribution in [3.8, 4) is 0 Å². The van der Waals surface area contributed by atoms with Crippen LogP contribution in [0.4, 0.5) is 5.69 Å². The fourth-order valence-corrected chi connectivity index (χ4v) is 3.04. The lowest BCUT2D eigenvalue weighted by Gasteiger charge is -2.05.